The maximum absolute atomic E-state index is 12.5. The third kappa shape index (κ3) is 2.98. The lowest BCUT2D eigenvalue weighted by Crippen LogP contribution is -2.13. The molecule has 0 fully saturated rings. The van der Waals surface area contributed by atoms with Crippen LogP contribution < -0.4 is 0 Å². The number of nitro groups is 1. The second-order valence-corrected chi connectivity index (χ2v) is 3.18. The Hall–Kier alpha value is -2.63. The Balaban J connectivity index is 3.55. The number of alkyl halides is 2. The Morgan fingerprint density at radius 3 is 2.74 bits per heavy atom. The molecule has 0 saturated carbocycles. The summed E-state index contributed by atoms with van der Waals surface area (Å²) in [6, 6.07) is 1.83. The van der Waals surface area contributed by atoms with E-state index in [1.54, 1.807) is 0 Å². The number of carbonyl (C=O) groups excluding carboxylic acids is 1. The fourth-order valence-electron chi connectivity index (χ4n) is 1.29. The van der Waals surface area contributed by atoms with Crippen LogP contribution in [0.4, 0.5) is 14.5 Å². The predicted molar refractivity (Wildman–Crippen MR) is 56.5 cm³/mol. The van der Waals surface area contributed by atoms with Crippen LogP contribution in [0, 0.1) is 21.4 Å². The highest BCUT2D eigenvalue weighted by Gasteiger charge is 2.29. The summed E-state index contributed by atoms with van der Waals surface area (Å²) >= 11 is 0. The van der Waals surface area contributed by atoms with E-state index >= 15 is 0 Å². The molecule has 1 heterocycles. The second kappa shape index (κ2) is 5.81. The van der Waals surface area contributed by atoms with Crippen molar-refractivity contribution in [3.63, 3.8) is 0 Å². The van der Waals surface area contributed by atoms with Crippen LogP contribution in [0.25, 0.3) is 0 Å². The van der Waals surface area contributed by atoms with Crippen LogP contribution >= 0.6 is 0 Å². The largest absolute Gasteiger partial charge is 0.462 e. The van der Waals surface area contributed by atoms with Gasteiger partial charge < -0.3 is 4.74 Å². The fraction of sp³-hybridized carbons (Fsp3) is 0.300. The number of pyridine rings is 1. The minimum atomic E-state index is -3.10. The number of hydrogen-bond acceptors (Lipinski definition) is 6. The quantitative estimate of drug-likeness (QED) is 0.470. The molecule has 1 aromatic rings. The maximum Gasteiger partial charge on any atom is 0.348 e. The number of hydrogen-bond donors (Lipinski definition) is 0. The molecule has 0 saturated heterocycles. The first-order valence-corrected chi connectivity index (χ1v) is 4.97. The lowest BCUT2D eigenvalue weighted by atomic mass is 10.1. The normalized spacial score (nSPS) is 10.1. The summed E-state index contributed by atoms with van der Waals surface area (Å²) < 4.78 is 29.5. The molecule has 1 rings (SSSR count). The van der Waals surface area contributed by atoms with Crippen molar-refractivity contribution in [1.82, 2.24) is 4.98 Å². The Morgan fingerprint density at radius 2 is 2.32 bits per heavy atom. The van der Waals surface area contributed by atoms with Gasteiger partial charge in [0, 0.05) is 6.07 Å². The minimum absolute atomic E-state index is 0.0859. The average molecular weight is 271 g/mol. The number of esters is 1. The molecule has 0 amide bonds. The number of carbonyl (C=O) groups is 1. The van der Waals surface area contributed by atoms with Crippen molar-refractivity contribution in [3.8, 4) is 6.07 Å². The van der Waals surface area contributed by atoms with Crippen molar-refractivity contribution < 1.29 is 23.2 Å². The highest BCUT2D eigenvalue weighted by Crippen LogP contribution is 2.27. The van der Waals surface area contributed by atoms with Gasteiger partial charge in [-0.1, -0.05) is 0 Å². The topological polar surface area (TPSA) is 106 Å². The monoisotopic (exact) mass is 271 g/mol. The van der Waals surface area contributed by atoms with Gasteiger partial charge >= 0.3 is 5.97 Å². The number of halogens is 2. The van der Waals surface area contributed by atoms with Crippen LogP contribution in [0.15, 0.2) is 6.07 Å². The highest BCUT2D eigenvalue weighted by atomic mass is 19.3. The van der Waals surface area contributed by atoms with Crippen molar-refractivity contribution in [2.75, 3.05) is 6.61 Å². The van der Waals surface area contributed by atoms with Crippen LogP contribution in [-0.4, -0.2) is 22.5 Å². The first-order valence-electron chi connectivity index (χ1n) is 4.97. The first-order chi connectivity index (χ1) is 8.92. The van der Waals surface area contributed by atoms with Gasteiger partial charge in [0.2, 0.25) is 0 Å². The summed E-state index contributed by atoms with van der Waals surface area (Å²) in [5, 5.41) is 19.5. The average Bonchev–Trinajstić information content (AvgIpc) is 2.36. The number of ether oxygens (including phenoxy) is 1. The van der Waals surface area contributed by atoms with Crippen LogP contribution in [0.2, 0.25) is 0 Å². The SMILES string of the molecule is CCOC(=O)c1c([N+](=O)[O-])cc(C(F)F)nc1C#N. The molecule has 0 bridgehead atoms. The standard InChI is InChI=1S/C10H7F2N3O4/c1-2-19-10(16)8-6(4-13)14-5(9(11)12)3-7(8)15(17)18/h3,9H,2H2,1H3. The molecule has 0 aromatic carbocycles. The van der Waals surface area contributed by atoms with E-state index < -0.39 is 40.0 Å². The molecule has 7 nitrogen and oxygen atoms in total. The highest BCUT2D eigenvalue weighted by molar-refractivity contribution is 5.96. The fourth-order valence-corrected chi connectivity index (χ4v) is 1.29. The molecule has 0 spiro atoms. The number of rotatable bonds is 4. The summed E-state index contributed by atoms with van der Waals surface area (Å²) in [4.78, 5) is 24.5. The molecular weight excluding hydrogens is 264 g/mol. The lowest BCUT2D eigenvalue weighted by molar-refractivity contribution is -0.385. The molecular formula is C10H7F2N3O4. The molecule has 0 aliphatic rings. The number of nitrogens with zero attached hydrogens (tertiary/aromatic N) is 3. The van der Waals surface area contributed by atoms with Gasteiger partial charge in [-0.15, -0.1) is 0 Å². The molecule has 0 unspecified atom stereocenters. The van der Waals surface area contributed by atoms with Gasteiger partial charge in [-0.05, 0) is 6.92 Å². The summed E-state index contributed by atoms with van der Waals surface area (Å²) in [6.45, 7) is 1.37. The molecule has 0 aliphatic heterocycles. The van der Waals surface area contributed by atoms with E-state index in [0.717, 1.165) is 0 Å². The van der Waals surface area contributed by atoms with Gasteiger partial charge in [-0.25, -0.2) is 18.6 Å². The molecule has 0 radical (unpaired) electrons. The minimum Gasteiger partial charge on any atom is -0.462 e. The van der Waals surface area contributed by atoms with Crippen molar-refractivity contribution in [2.45, 2.75) is 13.3 Å². The van der Waals surface area contributed by atoms with Gasteiger partial charge in [0.05, 0.1) is 11.5 Å². The summed E-state index contributed by atoms with van der Waals surface area (Å²) in [5.74, 6) is -1.15. The van der Waals surface area contributed by atoms with E-state index in [2.05, 4.69) is 9.72 Å². The zero-order valence-corrected chi connectivity index (χ0v) is 9.59. The van der Waals surface area contributed by atoms with Crippen LogP contribution in [0.3, 0.4) is 0 Å². The number of aromatic nitrogens is 1. The first kappa shape index (κ1) is 14.4. The Kier molecular flexibility index (Phi) is 4.41. The summed E-state index contributed by atoms with van der Waals surface area (Å²) in [7, 11) is 0. The molecule has 100 valence electrons. The Morgan fingerprint density at radius 1 is 1.68 bits per heavy atom. The molecule has 1 aromatic heterocycles. The van der Waals surface area contributed by atoms with E-state index in [0.29, 0.717) is 6.07 Å². The van der Waals surface area contributed by atoms with E-state index in [1.165, 1.54) is 13.0 Å². The zero-order valence-electron chi connectivity index (χ0n) is 9.59. The van der Waals surface area contributed by atoms with Crippen molar-refractivity contribution in [2.24, 2.45) is 0 Å². The Labute approximate surface area is 105 Å². The maximum atomic E-state index is 12.5. The van der Waals surface area contributed by atoms with Crippen LogP contribution in [0.5, 0.6) is 0 Å². The van der Waals surface area contributed by atoms with E-state index in [-0.39, 0.29) is 6.61 Å². The molecule has 0 atom stereocenters. The van der Waals surface area contributed by atoms with E-state index in [1.807, 2.05) is 0 Å². The van der Waals surface area contributed by atoms with Gasteiger partial charge in [0.1, 0.15) is 11.8 Å². The van der Waals surface area contributed by atoms with E-state index in [4.69, 9.17) is 5.26 Å². The second-order valence-electron chi connectivity index (χ2n) is 3.18. The van der Waals surface area contributed by atoms with Crippen LogP contribution in [-0.2, 0) is 4.74 Å². The van der Waals surface area contributed by atoms with Gasteiger partial charge in [0.25, 0.3) is 12.1 Å². The third-order valence-corrected chi connectivity index (χ3v) is 2.02. The zero-order chi connectivity index (χ0) is 14.6. The smallest absolute Gasteiger partial charge is 0.348 e. The van der Waals surface area contributed by atoms with E-state index in [9.17, 15) is 23.7 Å². The van der Waals surface area contributed by atoms with Crippen LogP contribution in [0.1, 0.15) is 35.1 Å². The predicted octanol–water partition coefficient (Wildman–Crippen LogP) is 1.98. The third-order valence-electron chi connectivity index (χ3n) is 2.02. The Bertz CT molecular complexity index is 569. The lowest BCUT2D eigenvalue weighted by Gasteiger charge is -2.06. The molecule has 19 heavy (non-hydrogen) atoms. The van der Waals surface area contributed by atoms with Gasteiger partial charge in [-0.2, -0.15) is 5.26 Å². The van der Waals surface area contributed by atoms with Gasteiger partial charge in [0.15, 0.2) is 11.3 Å². The van der Waals surface area contributed by atoms with Crippen molar-refractivity contribution in [3.05, 3.63) is 33.1 Å². The van der Waals surface area contributed by atoms with Crippen molar-refractivity contribution >= 4 is 11.7 Å². The summed E-state index contributed by atoms with van der Waals surface area (Å²) in [6.07, 6.45) is -3.10. The van der Waals surface area contributed by atoms with Gasteiger partial charge in [-0.3, -0.25) is 10.1 Å². The summed E-state index contributed by atoms with van der Waals surface area (Å²) in [5.41, 5.74) is -3.36. The molecule has 0 aliphatic carbocycles. The number of nitriles is 1. The molecule has 9 heteroatoms. The molecule has 0 N–H and O–H groups in total. The van der Waals surface area contributed by atoms with Crippen molar-refractivity contribution in [1.29, 1.82) is 5.26 Å².